The summed E-state index contributed by atoms with van der Waals surface area (Å²) in [5.41, 5.74) is 1.42. The number of rotatable bonds is 0. The van der Waals surface area contributed by atoms with Crippen molar-refractivity contribution in [1.29, 1.82) is 0 Å². The molecule has 0 saturated heterocycles. The summed E-state index contributed by atoms with van der Waals surface area (Å²) in [7, 11) is 0. The lowest BCUT2D eigenvalue weighted by Gasteiger charge is -2.09. The zero-order chi connectivity index (χ0) is 24.2. The molecule has 6 rings (SSSR count). The second-order valence-electron chi connectivity index (χ2n) is 7.82. The van der Waals surface area contributed by atoms with Gasteiger partial charge in [-0.3, -0.25) is 0 Å². The van der Waals surface area contributed by atoms with Crippen LogP contribution in [0.15, 0.2) is 48.5 Å². The van der Waals surface area contributed by atoms with Gasteiger partial charge in [-0.25, -0.2) is 19.2 Å². The van der Waals surface area contributed by atoms with E-state index in [2.05, 4.69) is 0 Å². The molecule has 0 atom stereocenters. The molecule has 34 heavy (non-hydrogen) atoms. The highest BCUT2D eigenvalue weighted by Gasteiger charge is 2.13. The first-order valence-corrected chi connectivity index (χ1v) is 11.4. The van der Waals surface area contributed by atoms with Crippen LogP contribution in [0.25, 0.3) is 0 Å². The number of hydrogen-bond acceptors (Lipinski definition) is 8. The summed E-state index contributed by atoms with van der Waals surface area (Å²) in [6.45, 7) is 0.977. The van der Waals surface area contributed by atoms with Crippen molar-refractivity contribution in [3.8, 4) is 0 Å². The summed E-state index contributed by atoms with van der Waals surface area (Å²) < 4.78 is 21.0. The Morgan fingerprint density at radius 2 is 0.559 bits per heavy atom. The van der Waals surface area contributed by atoms with E-state index in [-0.39, 0.29) is 26.4 Å². The molecular formula is C26H28O8. The van der Waals surface area contributed by atoms with Gasteiger partial charge in [-0.1, -0.05) is 0 Å². The van der Waals surface area contributed by atoms with Gasteiger partial charge in [0, 0.05) is 0 Å². The second-order valence-corrected chi connectivity index (χ2v) is 7.82. The number of carbonyl (C=O) groups excluding carboxylic acids is 4. The van der Waals surface area contributed by atoms with Gasteiger partial charge >= 0.3 is 23.9 Å². The fourth-order valence-corrected chi connectivity index (χ4v) is 3.24. The number of esters is 4. The molecule has 2 aromatic carbocycles. The number of hydrogen-bond donors (Lipinski definition) is 0. The van der Waals surface area contributed by atoms with E-state index < -0.39 is 23.9 Å². The van der Waals surface area contributed by atoms with Crippen LogP contribution >= 0.6 is 0 Å². The normalized spacial score (nSPS) is 17.4. The first kappa shape index (κ1) is 25.0. The Morgan fingerprint density at radius 3 is 0.765 bits per heavy atom. The predicted octanol–water partition coefficient (Wildman–Crippen LogP) is 4.37. The minimum atomic E-state index is -0.461. The summed E-state index contributed by atoms with van der Waals surface area (Å²) in [6, 6.07) is 12.2. The maximum atomic E-state index is 12.1. The maximum Gasteiger partial charge on any atom is 0.338 e. The van der Waals surface area contributed by atoms with E-state index >= 15 is 0 Å². The van der Waals surface area contributed by atoms with Crippen molar-refractivity contribution < 1.29 is 38.1 Å². The third kappa shape index (κ3) is 7.72. The van der Waals surface area contributed by atoms with Crippen molar-refractivity contribution in [3.05, 3.63) is 70.8 Å². The fraction of sp³-hybridized carbons (Fsp3) is 0.385. The molecule has 4 heterocycles. The van der Waals surface area contributed by atoms with Gasteiger partial charge in [0.2, 0.25) is 0 Å². The number of benzene rings is 2. The van der Waals surface area contributed by atoms with Crippen molar-refractivity contribution in [2.45, 2.75) is 38.5 Å². The highest BCUT2D eigenvalue weighted by molar-refractivity contribution is 5.94. The van der Waals surface area contributed by atoms with E-state index in [0.717, 1.165) is 12.8 Å². The quantitative estimate of drug-likeness (QED) is 0.415. The standard InChI is InChI=1S/C26H28O8/c27-23-19-7-11-21(12-8-19)25(29)33-17-5-2-6-18-34-26(30)22-13-9-20(10-14-22)24(28)32-16-4-1-3-15-31-23/h7-14H,1-6,15-18H2. The van der Waals surface area contributed by atoms with E-state index in [1.165, 1.54) is 48.5 Å². The highest BCUT2D eigenvalue weighted by Crippen LogP contribution is 2.11. The first-order chi connectivity index (χ1) is 16.5. The average molecular weight is 469 g/mol. The predicted molar refractivity (Wildman–Crippen MR) is 122 cm³/mol. The van der Waals surface area contributed by atoms with Gasteiger partial charge in [0.05, 0.1) is 48.7 Å². The van der Waals surface area contributed by atoms with Crippen LogP contribution in [0.2, 0.25) is 0 Å². The van der Waals surface area contributed by atoms with Gasteiger partial charge in [0.1, 0.15) is 0 Å². The fourth-order valence-electron chi connectivity index (χ4n) is 3.24. The molecule has 4 aliphatic heterocycles. The van der Waals surface area contributed by atoms with E-state index in [1.54, 1.807) is 0 Å². The van der Waals surface area contributed by atoms with Crippen molar-refractivity contribution in [3.63, 3.8) is 0 Å². The Hall–Kier alpha value is -3.68. The van der Waals surface area contributed by atoms with Crippen molar-refractivity contribution >= 4 is 23.9 Å². The van der Waals surface area contributed by atoms with Gasteiger partial charge in [0.15, 0.2) is 0 Å². The lowest BCUT2D eigenvalue weighted by Crippen LogP contribution is -2.11. The molecule has 0 aliphatic carbocycles. The Balaban J connectivity index is 1.56. The van der Waals surface area contributed by atoms with Crippen LogP contribution < -0.4 is 0 Å². The van der Waals surface area contributed by atoms with E-state index in [1.807, 2.05) is 0 Å². The SMILES string of the molecule is O=C1OCCCCCOC(=O)c2ccc(cc2)C(=O)OCCCCCOC(=O)c2ccc1cc2. The molecule has 8 heteroatoms. The zero-order valence-electron chi connectivity index (χ0n) is 19.0. The second kappa shape index (κ2) is 13.1. The van der Waals surface area contributed by atoms with Gasteiger partial charge < -0.3 is 18.9 Å². The average Bonchev–Trinajstić information content (AvgIpc) is 2.86. The Kier molecular flexibility index (Phi) is 9.64. The Labute approximate surface area is 198 Å². The maximum absolute atomic E-state index is 12.1. The van der Waals surface area contributed by atoms with Crippen LogP contribution in [0, 0.1) is 0 Å². The van der Waals surface area contributed by atoms with Crippen molar-refractivity contribution in [2.75, 3.05) is 26.4 Å². The van der Waals surface area contributed by atoms with Gasteiger partial charge in [-0.05, 0) is 87.1 Å². The molecule has 0 spiro atoms. The number of carbonyl (C=O) groups is 4. The monoisotopic (exact) mass is 468 g/mol. The molecule has 0 saturated carbocycles. The molecule has 0 N–H and O–H groups in total. The summed E-state index contributed by atoms with van der Waals surface area (Å²) >= 11 is 0. The molecule has 4 bridgehead atoms. The van der Waals surface area contributed by atoms with Crippen LogP contribution in [0.4, 0.5) is 0 Å². The molecule has 0 fully saturated rings. The van der Waals surface area contributed by atoms with Crippen LogP contribution in [-0.4, -0.2) is 50.3 Å². The van der Waals surface area contributed by atoms with Gasteiger partial charge in [-0.2, -0.15) is 0 Å². The zero-order valence-corrected chi connectivity index (χ0v) is 19.0. The molecule has 0 amide bonds. The smallest absolute Gasteiger partial charge is 0.338 e. The van der Waals surface area contributed by atoms with Crippen LogP contribution in [-0.2, 0) is 18.9 Å². The lowest BCUT2D eigenvalue weighted by molar-refractivity contribution is 0.0454. The topological polar surface area (TPSA) is 105 Å². The summed E-state index contributed by atoms with van der Waals surface area (Å²) in [5.74, 6) is -1.84. The molecule has 0 radical (unpaired) electrons. The first-order valence-electron chi connectivity index (χ1n) is 11.4. The van der Waals surface area contributed by atoms with Crippen LogP contribution in [0.1, 0.15) is 80.0 Å². The summed E-state index contributed by atoms with van der Waals surface area (Å²) in [6.07, 6.45) is 3.95. The molecule has 180 valence electrons. The highest BCUT2D eigenvalue weighted by atomic mass is 16.5. The molecule has 8 nitrogen and oxygen atoms in total. The van der Waals surface area contributed by atoms with Gasteiger partial charge in [0.25, 0.3) is 0 Å². The summed E-state index contributed by atoms with van der Waals surface area (Å²) in [4.78, 5) is 48.6. The molecular weight excluding hydrogens is 440 g/mol. The Morgan fingerprint density at radius 1 is 0.353 bits per heavy atom. The van der Waals surface area contributed by atoms with Crippen LogP contribution in [0.3, 0.4) is 0 Å². The molecule has 0 aromatic heterocycles. The molecule has 0 unspecified atom stereocenters. The van der Waals surface area contributed by atoms with Crippen LogP contribution in [0.5, 0.6) is 0 Å². The largest absolute Gasteiger partial charge is 0.462 e. The van der Waals surface area contributed by atoms with E-state index in [0.29, 0.717) is 47.9 Å². The van der Waals surface area contributed by atoms with E-state index in [9.17, 15) is 19.2 Å². The van der Waals surface area contributed by atoms with Crippen molar-refractivity contribution in [2.24, 2.45) is 0 Å². The third-order valence-corrected chi connectivity index (χ3v) is 5.22. The summed E-state index contributed by atoms with van der Waals surface area (Å²) in [5, 5.41) is 0. The lowest BCUT2D eigenvalue weighted by atomic mass is 10.1. The van der Waals surface area contributed by atoms with E-state index in [4.69, 9.17) is 18.9 Å². The van der Waals surface area contributed by atoms with Gasteiger partial charge in [-0.15, -0.1) is 0 Å². The molecule has 2 aromatic rings. The Bertz CT molecular complexity index is 819. The van der Waals surface area contributed by atoms with Crippen molar-refractivity contribution in [1.82, 2.24) is 0 Å². The number of ether oxygens (including phenoxy) is 4. The molecule has 4 aliphatic rings. The minimum Gasteiger partial charge on any atom is -0.462 e. The minimum absolute atomic E-state index is 0.244. The third-order valence-electron chi connectivity index (χ3n) is 5.22.